The second-order valence-corrected chi connectivity index (χ2v) is 10.1. The molecule has 0 fully saturated rings. The van der Waals surface area contributed by atoms with Crippen molar-refractivity contribution in [3.63, 3.8) is 0 Å². The number of aliphatic hydroxyl groups excluding tert-OH is 1. The van der Waals surface area contributed by atoms with Gasteiger partial charge in [-0.15, -0.1) is 0 Å². The molecule has 2 unspecified atom stereocenters. The van der Waals surface area contributed by atoms with Crippen LogP contribution in [0.3, 0.4) is 0 Å². The van der Waals surface area contributed by atoms with Crippen molar-refractivity contribution in [2.45, 2.75) is 90.2 Å². The van der Waals surface area contributed by atoms with Crippen LogP contribution < -0.4 is 5.32 Å². The molecule has 7 heteroatoms. The normalized spacial score (nSPS) is 15.0. The van der Waals surface area contributed by atoms with E-state index in [0.29, 0.717) is 12.8 Å². The summed E-state index contributed by atoms with van der Waals surface area (Å²) in [5.41, 5.74) is 0. The van der Waals surface area contributed by atoms with Gasteiger partial charge in [-0.2, -0.15) is 8.42 Å². The third-order valence-electron chi connectivity index (χ3n) is 5.07. The van der Waals surface area contributed by atoms with Crippen molar-refractivity contribution in [1.82, 2.24) is 5.32 Å². The van der Waals surface area contributed by atoms with Crippen LogP contribution in [0.25, 0.3) is 0 Å². The largest absolute Gasteiger partial charge is 0.387 e. The number of rotatable bonds is 21. The Morgan fingerprint density at radius 2 is 1.22 bits per heavy atom. The van der Waals surface area contributed by atoms with Crippen LogP contribution in [0.2, 0.25) is 0 Å². The molecule has 0 spiro atoms. The van der Waals surface area contributed by atoms with Crippen LogP contribution in [0, 0.1) is 0 Å². The van der Waals surface area contributed by atoms with E-state index in [4.69, 9.17) is 0 Å². The van der Waals surface area contributed by atoms with E-state index in [0.717, 1.165) is 44.9 Å². The average Bonchev–Trinajstić information content (AvgIpc) is 2.84. The first kappa shape index (κ1) is 34.5. The maximum Gasteiger partial charge on any atom is 0.267 e. The fourth-order valence-electron chi connectivity index (χ4n) is 3.12. The molecule has 37 heavy (non-hydrogen) atoms. The molecule has 0 bridgehead atoms. The summed E-state index contributed by atoms with van der Waals surface area (Å²) >= 11 is 0. The molecule has 6 nitrogen and oxygen atoms in total. The second-order valence-electron chi connectivity index (χ2n) is 8.59. The van der Waals surface area contributed by atoms with Crippen molar-refractivity contribution in [2.75, 3.05) is 5.75 Å². The van der Waals surface area contributed by atoms with Crippen molar-refractivity contribution < 1.29 is 22.9 Å². The fourth-order valence-corrected chi connectivity index (χ4v) is 3.86. The molecule has 0 aromatic heterocycles. The quantitative estimate of drug-likeness (QED) is 0.0881. The van der Waals surface area contributed by atoms with E-state index in [2.05, 4.69) is 73.8 Å². The first-order valence-corrected chi connectivity index (χ1v) is 14.9. The molecule has 3 N–H and O–H groups in total. The molecule has 2 atom stereocenters. The first-order chi connectivity index (χ1) is 17.8. The highest BCUT2D eigenvalue weighted by Crippen LogP contribution is 2.04. The van der Waals surface area contributed by atoms with Crippen LogP contribution >= 0.6 is 0 Å². The number of hydrogen-bond donors (Lipinski definition) is 3. The number of carbonyl (C=O) groups excluding carboxylic acids is 1. The molecule has 0 aliphatic rings. The van der Waals surface area contributed by atoms with E-state index in [9.17, 15) is 22.9 Å². The zero-order valence-corrected chi connectivity index (χ0v) is 23.4. The van der Waals surface area contributed by atoms with Crippen molar-refractivity contribution in [3.05, 3.63) is 85.1 Å². The molecule has 0 aliphatic heterocycles. The summed E-state index contributed by atoms with van der Waals surface area (Å²) in [6.45, 7) is 4.22. The summed E-state index contributed by atoms with van der Waals surface area (Å²) in [4.78, 5) is 12.2. The summed E-state index contributed by atoms with van der Waals surface area (Å²) in [7, 11) is -4.37. The van der Waals surface area contributed by atoms with Crippen molar-refractivity contribution >= 4 is 16.0 Å². The first-order valence-electron chi connectivity index (χ1n) is 13.3. The Morgan fingerprint density at radius 1 is 0.730 bits per heavy atom. The van der Waals surface area contributed by atoms with Crippen molar-refractivity contribution in [1.29, 1.82) is 0 Å². The summed E-state index contributed by atoms with van der Waals surface area (Å²) in [5, 5.41) is 12.8. The molecule has 0 aromatic carbocycles. The number of aliphatic hydroxyl groups is 1. The minimum absolute atomic E-state index is 0.0498. The number of hydrogen-bond acceptors (Lipinski definition) is 4. The highest BCUT2D eigenvalue weighted by Gasteiger charge is 2.24. The predicted octanol–water partition coefficient (Wildman–Crippen LogP) is 6.55. The molecule has 0 saturated heterocycles. The Morgan fingerprint density at radius 3 is 1.73 bits per heavy atom. The lowest BCUT2D eigenvalue weighted by Crippen LogP contribution is -2.46. The Kier molecular flexibility index (Phi) is 22.3. The van der Waals surface area contributed by atoms with Gasteiger partial charge in [0.1, 0.15) is 0 Å². The standard InChI is InChI=1S/C30H47NO5S/c1-3-5-7-9-11-12-13-14-15-16-17-18-20-22-24-26-30(33)31-28(27-37(34,35)36)29(32)25-23-21-19-10-8-6-4-2/h5,7-8,10-12,14-15,17-18,22-25,28-29,32H,3-4,6,9,13,16,19-21,26-27H2,1-2H3,(H,31,33)(H,34,35,36)/b7-5-,10-8+,12-11-,15-14-,18-17-,24-22-,25-23+. The number of amides is 1. The van der Waals surface area contributed by atoms with Gasteiger partial charge >= 0.3 is 0 Å². The average molecular weight is 534 g/mol. The molecule has 1 amide bonds. The van der Waals surface area contributed by atoms with E-state index in [1.807, 2.05) is 12.2 Å². The number of nitrogens with one attached hydrogen (secondary N) is 1. The number of carbonyl (C=O) groups is 1. The lowest BCUT2D eigenvalue weighted by atomic mass is 10.1. The predicted molar refractivity (Wildman–Crippen MR) is 156 cm³/mol. The number of allylic oxidation sites excluding steroid dienone is 12. The van der Waals surface area contributed by atoms with E-state index in [1.54, 1.807) is 12.2 Å². The molecule has 0 radical (unpaired) electrons. The van der Waals surface area contributed by atoms with Gasteiger partial charge in [-0.25, -0.2) is 0 Å². The topological polar surface area (TPSA) is 104 Å². The summed E-state index contributed by atoms with van der Waals surface area (Å²) in [6, 6.07) is -1.13. The van der Waals surface area contributed by atoms with Gasteiger partial charge in [-0.1, -0.05) is 105 Å². The van der Waals surface area contributed by atoms with Gasteiger partial charge in [0.15, 0.2) is 0 Å². The highest BCUT2D eigenvalue weighted by molar-refractivity contribution is 7.85. The maximum atomic E-state index is 12.2. The van der Waals surface area contributed by atoms with E-state index in [-0.39, 0.29) is 6.42 Å². The lowest BCUT2D eigenvalue weighted by Gasteiger charge is -2.20. The monoisotopic (exact) mass is 533 g/mol. The smallest absolute Gasteiger partial charge is 0.267 e. The zero-order chi connectivity index (χ0) is 27.6. The van der Waals surface area contributed by atoms with Crippen molar-refractivity contribution in [2.24, 2.45) is 0 Å². The Bertz CT molecular complexity index is 895. The third-order valence-corrected chi connectivity index (χ3v) is 5.85. The van der Waals surface area contributed by atoms with Gasteiger partial charge in [-0.05, 0) is 51.4 Å². The maximum absolute atomic E-state index is 12.2. The van der Waals surface area contributed by atoms with Crippen LogP contribution in [-0.2, 0) is 14.9 Å². The molecule has 0 heterocycles. The Balaban J connectivity index is 4.38. The molecule has 208 valence electrons. The Hall–Kier alpha value is -2.48. The van der Waals surface area contributed by atoms with Crippen LogP contribution in [0.15, 0.2) is 85.1 Å². The van der Waals surface area contributed by atoms with E-state index < -0.39 is 33.9 Å². The fraction of sp³-hybridized carbons (Fsp3) is 0.500. The molecular weight excluding hydrogens is 486 g/mol. The van der Waals surface area contributed by atoms with Gasteiger partial charge in [0.05, 0.1) is 17.9 Å². The lowest BCUT2D eigenvalue weighted by molar-refractivity contribution is -0.121. The minimum Gasteiger partial charge on any atom is -0.387 e. The summed E-state index contributed by atoms with van der Waals surface area (Å²) < 4.78 is 31.9. The molecule has 0 aliphatic carbocycles. The van der Waals surface area contributed by atoms with Gasteiger partial charge in [0.25, 0.3) is 10.1 Å². The molecule has 0 rings (SSSR count). The van der Waals surface area contributed by atoms with E-state index >= 15 is 0 Å². The second kappa shape index (κ2) is 23.9. The van der Waals surface area contributed by atoms with Crippen LogP contribution in [0.4, 0.5) is 0 Å². The van der Waals surface area contributed by atoms with E-state index in [1.165, 1.54) is 6.08 Å². The van der Waals surface area contributed by atoms with Crippen LogP contribution in [0.1, 0.15) is 78.1 Å². The molecule has 0 saturated carbocycles. The SMILES string of the molecule is CC/C=C\C/C=C\C/C=C\C/C=C\C/C=C\CC(=O)NC(CS(=O)(=O)O)C(O)/C=C/CC/C=C/CCC. The minimum atomic E-state index is -4.37. The van der Waals surface area contributed by atoms with Crippen molar-refractivity contribution in [3.8, 4) is 0 Å². The van der Waals surface area contributed by atoms with Gasteiger partial charge in [0, 0.05) is 6.42 Å². The van der Waals surface area contributed by atoms with Crippen LogP contribution in [-0.4, -0.2) is 41.9 Å². The Labute approximate surface area is 225 Å². The van der Waals surface area contributed by atoms with Gasteiger partial charge < -0.3 is 10.4 Å². The van der Waals surface area contributed by atoms with Crippen LogP contribution in [0.5, 0.6) is 0 Å². The number of unbranched alkanes of at least 4 members (excludes halogenated alkanes) is 2. The molecular formula is C30H47NO5S. The molecule has 0 aromatic rings. The zero-order valence-electron chi connectivity index (χ0n) is 22.5. The van der Waals surface area contributed by atoms with Gasteiger partial charge in [0.2, 0.25) is 5.91 Å². The third kappa shape index (κ3) is 25.0. The summed E-state index contributed by atoms with van der Waals surface area (Å²) in [5.74, 6) is -1.18. The highest BCUT2D eigenvalue weighted by atomic mass is 32.2. The summed E-state index contributed by atoms with van der Waals surface area (Å²) in [6.07, 6.45) is 34.7. The van der Waals surface area contributed by atoms with Gasteiger partial charge in [-0.3, -0.25) is 9.35 Å².